The summed E-state index contributed by atoms with van der Waals surface area (Å²) in [5, 5.41) is 2.81. The Bertz CT molecular complexity index is 626. The Labute approximate surface area is 131 Å². The second-order valence-corrected chi connectivity index (χ2v) is 6.11. The molecule has 2 fully saturated rings. The van der Waals surface area contributed by atoms with Crippen LogP contribution in [-0.4, -0.2) is 29.3 Å². The highest BCUT2D eigenvalue weighted by Gasteiger charge is 2.37. The van der Waals surface area contributed by atoms with Gasteiger partial charge in [-0.2, -0.15) is 13.2 Å². The maximum atomic E-state index is 13.0. The second kappa shape index (κ2) is 5.86. The highest BCUT2D eigenvalue weighted by Crippen LogP contribution is 2.33. The lowest BCUT2D eigenvalue weighted by atomic mass is 10.1. The first kappa shape index (κ1) is 15.8. The summed E-state index contributed by atoms with van der Waals surface area (Å²) in [6.45, 7) is 0.161. The molecule has 1 N–H and O–H groups in total. The third-order valence-electron chi connectivity index (χ3n) is 4.19. The number of alkyl halides is 3. The number of rotatable bonds is 4. The van der Waals surface area contributed by atoms with Crippen LogP contribution in [-0.2, 0) is 22.3 Å². The fraction of sp³-hybridized carbons (Fsp3) is 0.500. The number of nitrogens with one attached hydrogen (secondary N) is 1. The minimum absolute atomic E-state index is 0.0464. The van der Waals surface area contributed by atoms with Crippen molar-refractivity contribution in [1.29, 1.82) is 0 Å². The van der Waals surface area contributed by atoms with Gasteiger partial charge in [-0.15, -0.1) is 0 Å². The number of carbonyl (C=O) groups excluding carboxylic acids is 2. The Morgan fingerprint density at radius 1 is 1.26 bits per heavy atom. The van der Waals surface area contributed by atoms with Gasteiger partial charge in [-0.3, -0.25) is 9.59 Å². The van der Waals surface area contributed by atoms with Crippen LogP contribution in [0.5, 0.6) is 0 Å². The number of hydrogen-bond donors (Lipinski definition) is 1. The Balaban J connectivity index is 1.66. The Kier molecular flexibility index (Phi) is 4.04. The highest BCUT2D eigenvalue weighted by molar-refractivity contribution is 5.84. The summed E-state index contributed by atoms with van der Waals surface area (Å²) in [5.74, 6) is -0.242. The largest absolute Gasteiger partial charge is 0.416 e. The molecule has 0 unspecified atom stereocenters. The molecule has 7 heteroatoms. The molecule has 1 heterocycles. The monoisotopic (exact) mass is 326 g/mol. The number of nitrogens with zero attached hydrogens (tertiary/aromatic N) is 1. The zero-order valence-corrected chi connectivity index (χ0v) is 12.4. The number of likely N-dealkylation sites (tertiary alicyclic amines) is 1. The van der Waals surface area contributed by atoms with Gasteiger partial charge in [0.1, 0.15) is 0 Å². The predicted octanol–water partition coefficient (Wildman–Crippen LogP) is 2.33. The van der Waals surface area contributed by atoms with Crippen LogP contribution in [0.25, 0.3) is 0 Å². The van der Waals surface area contributed by atoms with Crippen molar-refractivity contribution < 1.29 is 22.8 Å². The zero-order chi connectivity index (χ0) is 16.6. The lowest BCUT2D eigenvalue weighted by Gasteiger charge is -2.20. The summed E-state index contributed by atoms with van der Waals surface area (Å²) in [6.07, 6.45) is -2.56. The zero-order valence-electron chi connectivity index (χ0n) is 12.4. The van der Waals surface area contributed by atoms with Crippen LogP contribution in [0.4, 0.5) is 13.2 Å². The molecule has 0 radical (unpaired) electrons. The van der Waals surface area contributed by atoms with Gasteiger partial charge in [0.25, 0.3) is 0 Å². The maximum absolute atomic E-state index is 13.0. The van der Waals surface area contributed by atoms with Crippen LogP contribution in [0.15, 0.2) is 24.3 Å². The molecule has 1 saturated heterocycles. The molecule has 1 aromatic carbocycles. The smallest absolute Gasteiger partial charge is 0.351 e. The van der Waals surface area contributed by atoms with Crippen molar-refractivity contribution in [1.82, 2.24) is 10.2 Å². The lowest BCUT2D eigenvalue weighted by molar-refractivity contribution is -0.139. The molecule has 1 aromatic rings. The van der Waals surface area contributed by atoms with Crippen molar-refractivity contribution in [3.8, 4) is 0 Å². The third-order valence-corrected chi connectivity index (χ3v) is 4.19. The maximum Gasteiger partial charge on any atom is 0.416 e. The van der Waals surface area contributed by atoms with E-state index in [4.69, 9.17) is 0 Å². The van der Waals surface area contributed by atoms with Gasteiger partial charge in [0.15, 0.2) is 0 Å². The molecule has 0 spiro atoms. The number of hydrogen-bond acceptors (Lipinski definition) is 2. The van der Waals surface area contributed by atoms with E-state index in [1.807, 2.05) is 0 Å². The van der Waals surface area contributed by atoms with Gasteiger partial charge in [0, 0.05) is 25.4 Å². The van der Waals surface area contributed by atoms with Crippen molar-refractivity contribution in [2.24, 2.45) is 5.92 Å². The highest BCUT2D eigenvalue weighted by atomic mass is 19.4. The molecule has 2 aliphatic rings. The van der Waals surface area contributed by atoms with E-state index in [1.54, 1.807) is 0 Å². The summed E-state index contributed by atoms with van der Waals surface area (Å²) in [6, 6.07) is 4.94. The molecule has 0 bridgehead atoms. The van der Waals surface area contributed by atoms with Gasteiger partial charge in [-0.05, 0) is 24.5 Å². The van der Waals surface area contributed by atoms with Gasteiger partial charge >= 0.3 is 6.18 Å². The summed E-state index contributed by atoms with van der Waals surface area (Å²) in [4.78, 5) is 25.1. The molecule has 4 nitrogen and oxygen atoms in total. The molecular formula is C16H17F3N2O2. The van der Waals surface area contributed by atoms with Crippen LogP contribution < -0.4 is 5.32 Å². The Morgan fingerprint density at radius 2 is 1.96 bits per heavy atom. The fourth-order valence-corrected chi connectivity index (χ4v) is 2.83. The van der Waals surface area contributed by atoms with Crippen molar-refractivity contribution >= 4 is 11.8 Å². The van der Waals surface area contributed by atoms with Crippen LogP contribution in [0, 0.1) is 5.92 Å². The van der Waals surface area contributed by atoms with Crippen molar-refractivity contribution in [2.45, 2.75) is 38.0 Å². The van der Waals surface area contributed by atoms with E-state index >= 15 is 0 Å². The molecule has 1 atom stereocenters. The summed E-state index contributed by atoms with van der Waals surface area (Å²) in [5.41, 5.74) is -0.652. The number of carbonyl (C=O) groups is 2. The SMILES string of the molecule is O=C(N[C@@H]1CC(=O)N(Cc2ccccc2C(F)(F)F)C1)C1CC1. The third kappa shape index (κ3) is 3.65. The topological polar surface area (TPSA) is 49.4 Å². The first-order valence-corrected chi connectivity index (χ1v) is 7.58. The van der Waals surface area contributed by atoms with Gasteiger partial charge in [0.2, 0.25) is 11.8 Å². The van der Waals surface area contributed by atoms with Gasteiger partial charge in [-0.1, -0.05) is 18.2 Å². The van der Waals surface area contributed by atoms with Gasteiger partial charge in [0.05, 0.1) is 11.6 Å². The molecule has 0 aromatic heterocycles. The van der Waals surface area contributed by atoms with Crippen LogP contribution in [0.1, 0.15) is 30.4 Å². The molecule has 1 aliphatic carbocycles. The summed E-state index contributed by atoms with van der Waals surface area (Å²) >= 11 is 0. The van der Waals surface area contributed by atoms with E-state index in [0.29, 0.717) is 0 Å². The first-order chi connectivity index (χ1) is 10.8. The van der Waals surface area contributed by atoms with Crippen LogP contribution in [0.3, 0.4) is 0 Å². The quantitative estimate of drug-likeness (QED) is 0.923. The molecule has 2 amide bonds. The molecule has 3 rings (SSSR count). The lowest BCUT2D eigenvalue weighted by Crippen LogP contribution is -2.37. The minimum Gasteiger partial charge on any atom is -0.351 e. The number of amides is 2. The molecule has 1 saturated carbocycles. The van der Waals surface area contributed by atoms with E-state index in [0.717, 1.165) is 18.9 Å². The second-order valence-electron chi connectivity index (χ2n) is 6.11. The standard InChI is InChI=1S/C16H17F3N2O2/c17-16(18,19)13-4-2-1-3-11(13)8-21-9-12(7-14(21)22)20-15(23)10-5-6-10/h1-4,10,12H,5-9H2,(H,20,23)/t12-/m1/s1. The summed E-state index contributed by atoms with van der Waals surface area (Å²) < 4.78 is 39.0. The van der Waals surface area contributed by atoms with Gasteiger partial charge < -0.3 is 10.2 Å². The fourth-order valence-electron chi connectivity index (χ4n) is 2.83. The van der Waals surface area contributed by atoms with E-state index < -0.39 is 11.7 Å². The van der Waals surface area contributed by atoms with E-state index in [2.05, 4.69) is 5.32 Å². The normalized spacial score (nSPS) is 21.6. The molecule has 124 valence electrons. The first-order valence-electron chi connectivity index (χ1n) is 7.58. The molecule has 1 aliphatic heterocycles. The van der Waals surface area contributed by atoms with E-state index in [-0.39, 0.29) is 48.8 Å². The predicted molar refractivity (Wildman–Crippen MR) is 76.1 cm³/mol. The Morgan fingerprint density at radius 3 is 2.61 bits per heavy atom. The average molecular weight is 326 g/mol. The van der Waals surface area contributed by atoms with Crippen molar-refractivity contribution in [3.63, 3.8) is 0 Å². The van der Waals surface area contributed by atoms with Crippen molar-refractivity contribution in [3.05, 3.63) is 35.4 Å². The van der Waals surface area contributed by atoms with E-state index in [9.17, 15) is 22.8 Å². The number of halogens is 3. The molecule has 23 heavy (non-hydrogen) atoms. The Hall–Kier alpha value is -2.05. The number of benzene rings is 1. The summed E-state index contributed by atoms with van der Waals surface area (Å²) in [7, 11) is 0. The van der Waals surface area contributed by atoms with Crippen LogP contribution in [0.2, 0.25) is 0 Å². The van der Waals surface area contributed by atoms with Crippen molar-refractivity contribution in [2.75, 3.05) is 6.54 Å². The average Bonchev–Trinajstić information content (AvgIpc) is 3.25. The molecular weight excluding hydrogens is 309 g/mol. The minimum atomic E-state index is -4.45. The van der Waals surface area contributed by atoms with Gasteiger partial charge in [-0.25, -0.2) is 0 Å². The van der Waals surface area contributed by atoms with Crippen LogP contribution >= 0.6 is 0 Å². The van der Waals surface area contributed by atoms with E-state index in [1.165, 1.54) is 23.1 Å².